The van der Waals surface area contributed by atoms with Crippen LogP contribution in [0, 0.1) is 5.92 Å². The summed E-state index contributed by atoms with van der Waals surface area (Å²) in [7, 11) is 0. The van der Waals surface area contributed by atoms with Crippen LogP contribution in [0.4, 0.5) is 13.2 Å². The van der Waals surface area contributed by atoms with E-state index < -0.39 is 30.1 Å². The molecule has 118 valence electrons. The van der Waals surface area contributed by atoms with Gasteiger partial charge in [0.05, 0.1) is 0 Å². The number of carbonyl (C=O) groups is 2. The minimum Gasteiger partial charge on any atom is -0.352 e. The minimum absolute atomic E-state index is 0.0703. The molecular weight excluding hydrogens is 285 g/mol. The van der Waals surface area contributed by atoms with Gasteiger partial charge in [-0.2, -0.15) is 13.2 Å². The first-order valence-corrected chi connectivity index (χ1v) is 7.08. The van der Waals surface area contributed by atoms with Gasteiger partial charge in [0.2, 0.25) is 11.8 Å². The summed E-state index contributed by atoms with van der Waals surface area (Å²) in [5.41, 5.74) is 0. The van der Waals surface area contributed by atoms with Crippen LogP contribution in [0.1, 0.15) is 32.6 Å². The van der Waals surface area contributed by atoms with E-state index in [-0.39, 0.29) is 25.3 Å². The van der Waals surface area contributed by atoms with Crippen LogP contribution in [0.25, 0.3) is 0 Å². The van der Waals surface area contributed by atoms with E-state index in [0.717, 1.165) is 4.90 Å². The number of nitrogens with zero attached hydrogens (tertiary/aromatic N) is 1. The van der Waals surface area contributed by atoms with Gasteiger partial charge in [0, 0.05) is 25.4 Å². The van der Waals surface area contributed by atoms with E-state index in [0.29, 0.717) is 12.8 Å². The van der Waals surface area contributed by atoms with Crippen molar-refractivity contribution in [1.29, 1.82) is 0 Å². The zero-order chi connectivity index (χ0) is 15.6. The van der Waals surface area contributed by atoms with Crippen molar-refractivity contribution in [2.75, 3.05) is 6.54 Å². The number of likely N-dealkylation sites (tertiary alicyclic amines) is 1. The summed E-state index contributed by atoms with van der Waals surface area (Å²) in [4.78, 5) is 24.4. The molecule has 0 aromatic carbocycles. The van der Waals surface area contributed by atoms with Crippen molar-refractivity contribution in [3.05, 3.63) is 12.2 Å². The van der Waals surface area contributed by atoms with Crippen LogP contribution in [0.15, 0.2) is 12.2 Å². The molecule has 0 radical (unpaired) electrons. The number of hydrogen-bond donors (Lipinski definition) is 1. The summed E-state index contributed by atoms with van der Waals surface area (Å²) in [6, 6.07) is -2.14. The molecule has 1 saturated heterocycles. The zero-order valence-corrected chi connectivity index (χ0v) is 11.8. The van der Waals surface area contributed by atoms with Gasteiger partial charge in [0.15, 0.2) is 0 Å². The quantitative estimate of drug-likeness (QED) is 0.793. The fourth-order valence-electron chi connectivity index (χ4n) is 3.01. The highest BCUT2D eigenvalue weighted by Crippen LogP contribution is 2.34. The topological polar surface area (TPSA) is 49.4 Å². The predicted octanol–water partition coefficient (Wildman–Crippen LogP) is 2.01. The molecule has 2 aliphatic rings. The molecular formula is C14H19F3N2O2. The lowest BCUT2D eigenvalue weighted by Crippen LogP contribution is -2.59. The molecule has 1 N–H and O–H groups in total. The second kappa shape index (κ2) is 6.07. The third kappa shape index (κ3) is 3.77. The lowest BCUT2D eigenvalue weighted by molar-refractivity contribution is -0.199. The van der Waals surface area contributed by atoms with E-state index in [2.05, 4.69) is 5.32 Å². The molecule has 0 aromatic rings. The molecule has 1 fully saturated rings. The molecule has 2 atom stereocenters. The van der Waals surface area contributed by atoms with Crippen molar-refractivity contribution >= 4 is 11.8 Å². The van der Waals surface area contributed by atoms with Crippen molar-refractivity contribution in [2.45, 2.75) is 50.9 Å². The summed E-state index contributed by atoms with van der Waals surface area (Å²) in [5, 5.41) is 2.61. The molecule has 0 spiro atoms. The number of allylic oxidation sites excluding steroid dienone is 2. The van der Waals surface area contributed by atoms with Crippen molar-refractivity contribution < 1.29 is 22.8 Å². The van der Waals surface area contributed by atoms with E-state index in [1.807, 2.05) is 12.2 Å². The van der Waals surface area contributed by atoms with Crippen LogP contribution in [0.2, 0.25) is 0 Å². The fourth-order valence-corrected chi connectivity index (χ4v) is 3.01. The van der Waals surface area contributed by atoms with Crippen molar-refractivity contribution in [3.8, 4) is 0 Å². The molecule has 0 unspecified atom stereocenters. The molecule has 0 bridgehead atoms. The fraction of sp³-hybridized carbons (Fsp3) is 0.714. The first kappa shape index (κ1) is 15.9. The maximum absolute atomic E-state index is 13.1. The summed E-state index contributed by atoms with van der Waals surface area (Å²) in [6.45, 7) is 1.25. The number of halogens is 3. The van der Waals surface area contributed by atoms with Crippen LogP contribution < -0.4 is 5.32 Å². The van der Waals surface area contributed by atoms with Gasteiger partial charge in [-0.15, -0.1) is 0 Å². The van der Waals surface area contributed by atoms with E-state index in [4.69, 9.17) is 0 Å². The van der Waals surface area contributed by atoms with Crippen molar-refractivity contribution in [3.63, 3.8) is 0 Å². The monoisotopic (exact) mass is 304 g/mol. The summed E-state index contributed by atoms with van der Waals surface area (Å²) < 4.78 is 39.4. The third-order valence-corrected chi connectivity index (χ3v) is 4.01. The molecule has 0 aromatic heterocycles. The van der Waals surface area contributed by atoms with E-state index in [1.54, 1.807) is 0 Å². The third-order valence-electron chi connectivity index (χ3n) is 4.01. The Morgan fingerprint density at radius 3 is 2.33 bits per heavy atom. The van der Waals surface area contributed by atoms with Gasteiger partial charge < -0.3 is 10.2 Å². The lowest BCUT2D eigenvalue weighted by atomic mass is 9.94. The Hall–Kier alpha value is -1.53. The Bertz CT molecular complexity index is 440. The summed E-state index contributed by atoms with van der Waals surface area (Å²) in [5.74, 6) is -1.15. The van der Waals surface area contributed by atoms with Crippen LogP contribution in [0.5, 0.6) is 0 Å². The molecule has 1 aliphatic carbocycles. The number of piperidine rings is 1. The maximum atomic E-state index is 13.1. The van der Waals surface area contributed by atoms with Crippen molar-refractivity contribution in [2.24, 2.45) is 5.92 Å². The predicted molar refractivity (Wildman–Crippen MR) is 70.3 cm³/mol. The molecule has 1 aliphatic heterocycles. The summed E-state index contributed by atoms with van der Waals surface area (Å²) >= 11 is 0. The normalized spacial score (nSPS) is 27.0. The van der Waals surface area contributed by atoms with Gasteiger partial charge in [0.1, 0.15) is 6.04 Å². The number of amides is 2. The first-order valence-electron chi connectivity index (χ1n) is 7.08. The molecule has 7 heteroatoms. The number of alkyl halides is 3. The Kier molecular flexibility index (Phi) is 4.58. The highest BCUT2D eigenvalue weighted by molar-refractivity contribution is 5.80. The van der Waals surface area contributed by atoms with Crippen LogP contribution >= 0.6 is 0 Å². The van der Waals surface area contributed by atoms with E-state index in [1.165, 1.54) is 6.92 Å². The maximum Gasteiger partial charge on any atom is 0.408 e. The largest absolute Gasteiger partial charge is 0.408 e. The van der Waals surface area contributed by atoms with E-state index >= 15 is 0 Å². The highest BCUT2D eigenvalue weighted by atomic mass is 19.4. The Labute approximate surface area is 121 Å². The van der Waals surface area contributed by atoms with Gasteiger partial charge in [0.25, 0.3) is 0 Å². The zero-order valence-electron chi connectivity index (χ0n) is 11.8. The molecule has 0 saturated carbocycles. The molecule has 2 amide bonds. The molecule has 2 rings (SSSR count). The second-order valence-electron chi connectivity index (χ2n) is 5.66. The van der Waals surface area contributed by atoms with Crippen LogP contribution in [-0.2, 0) is 9.59 Å². The second-order valence-corrected chi connectivity index (χ2v) is 5.66. The molecule has 4 nitrogen and oxygen atoms in total. The number of nitrogens with one attached hydrogen (secondary N) is 1. The number of rotatable bonds is 2. The molecule has 1 heterocycles. The SMILES string of the molecule is CC(=O)N[C@H]1CC[C@@H](C(F)(F)F)N(C(=O)C2CC=CC2)C1. The first-order chi connectivity index (χ1) is 9.79. The van der Waals surface area contributed by atoms with Gasteiger partial charge in [-0.05, 0) is 25.7 Å². The Morgan fingerprint density at radius 2 is 1.81 bits per heavy atom. The smallest absolute Gasteiger partial charge is 0.352 e. The molecule has 21 heavy (non-hydrogen) atoms. The highest BCUT2D eigenvalue weighted by Gasteiger charge is 2.49. The Balaban J connectivity index is 2.12. The van der Waals surface area contributed by atoms with Gasteiger partial charge in [-0.3, -0.25) is 9.59 Å². The Morgan fingerprint density at radius 1 is 1.19 bits per heavy atom. The van der Waals surface area contributed by atoms with Gasteiger partial charge >= 0.3 is 6.18 Å². The average Bonchev–Trinajstić information content (AvgIpc) is 2.89. The minimum atomic E-state index is -4.43. The van der Waals surface area contributed by atoms with Gasteiger partial charge in [-0.1, -0.05) is 12.2 Å². The van der Waals surface area contributed by atoms with Crippen molar-refractivity contribution in [1.82, 2.24) is 10.2 Å². The average molecular weight is 304 g/mol. The standard InChI is InChI=1S/C14H19F3N2O2/c1-9(20)18-11-6-7-12(14(15,16)17)19(8-11)13(21)10-4-2-3-5-10/h2-3,10-12H,4-8H2,1H3,(H,18,20)/t11-,12-/m0/s1. The van der Waals surface area contributed by atoms with E-state index in [9.17, 15) is 22.8 Å². The van der Waals surface area contributed by atoms with Crippen LogP contribution in [0.3, 0.4) is 0 Å². The van der Waals surface area contributed by atoms with Crippen LogP contribution in [-0.4, -0.2) is 41.5 Å². The number of carbonyl (C=O) groups excluding carboxylic acids is 2. The summed E-state index contributed by atoms with van der Waals surface area (Å²) in [6.07, 6.45) is 0.260. The lowest BCUT2D eigenvalue weighted by Gasteiger charge is -2.41. The number of hydrogen-bond acceptors (Lipinski definition) is 2. The van der Waals surface area contributed by atoms with Gasteiger partial charge in [-0.25, -0.2) is 0 Å².